The SMILES string of the molecule is Cc1ccc(-c2ccc(CN)cc2OCc2ccccc2)c(C)c1. The van der Waals surface area contributed by atoms with Gasteiger partial charge in [-0.2, -0.15) is 0 Å². The molecule has 0 aromatic heterocycles. The van der Waals surface area contributed by atoms with Gasteiger partial charge in [0.2, 0.25) is 0 Å². The van der Waals surface area contributed by atoms with Gasteiger partial charge in [-0.3, -0.25) is 0 Å². The number of rotatable bonds is 5. The first-order valence-corrected chi connectivity index (χ1v) is 8.24. The lowest BCUT2D eigenvalue weighted by Crippen LogP contribution is -2.01. The Hall–Kier alpha value is -2.58. The lowest BCUT2D eigenvalue weighted by Gasteiger charge is -2.15. The number of hydrogen-bond acceptors (Lipinski definition) is 2. The molecular formula is C22H23NO. The topological polar surface area (TPSA) is 35.2 Å². The minimum atomic E-state index is 0.509. The Balaban J connectivity index is 1.96. The van der Waals surface area contributed by atoms with Crippen LogP contribution in [0.1, 0.15) is 22.3 Å². The molecule has 3 aromatic rings. The van der Waals surface area contributed by atoms with Crippen LogP contribution in [-0.4, -0.2) is 0 Å². The van der Waals surface area contributed by atoms with Crippen LogP contribution in [0, 0.1) is 13.8 Å². The monoisotopic (exact) mass is 317 g/mol. The lowest BCUT2D eigenvalue weighted by molar-refractivity contribution is 0.307. The first kappa shape index (κ1) is 16.3. The molecule has 0 radical (unpaired) electrons. The molecule has 3 rings (SSSR count). The Morgan fingerprint density at radius 3 is 2.25 bits per heavy atom. The van der Waals surface area contributed by atoms with E-state index in [1.165, 1.54) is 16.7 Å². The number of nitrogens with two attached hydrogens (primary N) is 1. The van der Waals surface area contributed by atoms with E-state index >= 15 is 0 Å². The summed E-state index contributed by atoms with van der Waals surface area (Å²) >= 11 is 0. The van der Waals surface area contributed by atoms with E-state index in [9.17, 15) is 0 Å². The molecule has 0 aliphatic rings. The third kappa shape index (κ3) is 3.66. The van der Waals surface area contributed by atoms with Gasteiger partial charge in [-0.1, -0.05) is 66.2 Å². The van der Waals surface area contributed by atoms with Crippen molar-refractivity contribution in [2.75, 3.05) is 0 Å². The number of aryl methyl sites for hydroxylation is 2. The van der Waals surface area contributed by atoms with Gasteiger partial charge in [0.05, 0.1) is 0 Å². The molecular weight excluding hydrogens is 294 g/mol. The second kappa shape index (κ2) is 7.33. The van der Waals surface area contributed by atoms with E-state index in [4.69, 9.17) is 10.5 Å². The predicted octanol–water partition coefficient (Wildman–Crippen LogP) is 5.01. The van der Waals surface area contributed by atoms with Crippen LogP contribution < -0.4 is 10.5 Å². The zero-order valence-corrected chi connectivity index (χ0v) is 14.3. The third-order valence-corrected chi connectivity index (χ3v) is 4.19. The second-order valence-corrected chi connectivity index (χ2v) is 6.13. The molecule has 2 heteroatoms. The Kier molecular flexibility index (Phi) is 4.97. The van der Waals surface area contributed by atoms with Crippen LogP contribution >= 0.6 is 0 Å². The quantitative estimate of drug-likeness (QED) is 0.718. The van der Waals surface area contributed by atoms with Crippen LogP contribution in [0.2, 0.25) is 0 Å². The van der Waals surface area contributed by atoms with E-state index in [-0.39, 0.29) is 0 Å². The van der Waals surface area contributed by atoms with Crippen molar-refractivity contribution in [3.8, 4) is 16.9 Å². The van der Waals surface area contributed by atoms with Crippen LogP contribution in [0.15, 0.2) is 66.7 Å². The summed E-state index contributed by atoms with van der Waals surface area (Å²) < 4.78 is 6.15. The highest BCUT2D eigenvalue weighted by atomic mass is 16.5. The molecule has 0 bridgehead atoms. The Bertz CT molecular complexity index is 825. The van der Waals surface area contributed by atoms with Gasteiger partial charge in [-0.25, -0.2) is 0 Å². The molecule has 122 valence electrons. The van der Waals surface area contributed by atoms with E-state index in [2.05, 4.69) is 62.4 Å². The Morgan fingerprint density at radius 2 is 1.54 bits per heavy atom. The van der Waals surface area contributed by atoms with Gasteiger partial charge in [-0.05, 0) is 42.2 Å². The highest BCUT2D eigenvalue weighted by molar-refractivity contribution is 5.74. The maximum Gasteiger partial charge on any atom is 0.127 e. The van der Waals surface area contributed by atoms with Crippen molar-refractivity contribution in [2.45, 2.75) is 27.0 Å². The van der Waals surface area contributed by atoms with Crippen molar-refractivity contribution in [2.24, 2.45) is 5.73 Å². The van der Waals surface area contributed by atoms with Gasteiger partial charge in [-0.15, -0.1) is 0 Å². The molecule has 0 heterocycles. The summed E-state index contributed by atoms with van der Waals surface area (Å²) in [4.78, 5) is 0. The van der Waals surface area contributed by atoms with Gasteiger partial charge in [0.25, 0.3) is 0 Å². The zero-order chi connectivity index (χ0) is 16.9. The van der Waals surface area contributed by atoms with Crippen molar-refractivity contribution in [3.63, 3.8) is 0 Å². The van der Waals surface area contributed by atoms with E-state index in [1.54, 1.807) is 0 Å². The second-order valence-electron chi connectivity index (χ2n) is 6.13. The Labute approximate surface area is 143 Å². The molecule has 0 amide bonds. The lowest BCUT2D eigenvalue weighted by atomic mass is 9.97. The number of hydrogen-bond donors (Lipinski definition) is 1. The van der Waals surface area contributed by atoms with Gasteiger partial charge >= 0.3 is 0 Å². The molecule has 24 heavy (non-hydrogen) atoms. The first-order chi connectivity index (χ1) is 11.7. The van der Waals surface area contributed by atoms with E-state index < -0.39 is 0 Å². The maximum absolute atomic E-state index is 6.15. The third-order valence-electron chi connectivity index (χ3n) is 4.19. The van der Waals surface area contributed by atoms with Crippen molar-refractivity contribution < 1.29 is 4.74 Å². The highest BCUT2D eigenvalue weighted by Crippen LogP contribution is 2.34. The predicted molar refractivity (Wildman–Crippen MR) is 100 cm³/mol. The average molecular weight is 317 g/mol. The average Bonchev–Trinajstić information content (AvgIpc) is 2.61. The summed E-state index contributed by atoms with van der Waals surface area (Å²) in [6.07, 6.45) is 0. The molecule has 0 aliphatic carbocycles. The van der Waals surface area contributed by atoms with Gasteiger partial charge < -0.3 is 10.5 Å². The summed E-state index contributed by atoms with van der Waals surface area (Å²) in [7, 11) is 0. The molecule has 0 saturated heterocycles. The molecule has 0 fully saturated rings. The van der Waals surface area contributed by atoms with E-state index in [0.29, 0.717) is 13.2 Å². The zero-order valence-electron chi connectivity index (χ0n) is 14.3. The molecule has 2 N–H and O–H groups in total. The van der Waals surface area contributed by atoms with Crippen molar-refractivity contribution >= 4 is 0 Å². The largest absolute Gasteiger partial charge is 0.488 e. The normalized spacial score (nSPS) is 10.6. The molecule has 2 nitrogen and oxygen atoms in total. The summed E-state index contributed by atoms with van der Waals surface area (Å²) in [5.74, 6) is 0.883. The van der Waals surface area contributed by atoms with Crippen molar-refractivity contribution in [3.05, 3.63) is 89.0 Å². The fraction of sp³-hybridized carbons (Fsp3) is 0.182. The van der Waals surface area contributed by atoms with Crippen molar-refractivity contribution in [1.29, 1.82) is 0 Å². The summed E-state index contributed by atoms with van der Waals surface area (Å²) in [6.45, 7) is 5.31. The maximum atomic E-state index is 6.15. The van der Waals surface area contributed by atoms with Crippen LogP contribution in [0.3, 0.4) is 0 Å². The number of benzene rings is 3. The molecule has 0 atom stereocenters. The number of ether oxygens (including phenoxy) is 1. The van der Waals surface area contributed by atoms with Crippen LogP contribution in [0.25, 0.3) is 11.1 Å². The van der Waals surface area contributed by atoms with Crippen LogP contribution in [0.5, 0.6) is 5.75 Å². The van der Waals surface area contributed by atoms with Crippen LogP contribution in [0.4, 0.5) is 0 Å². The minimum absolute atomic E-state index is 0.509. The van der Waals surface area contributed by atoms with Gasteiger partial charge in [0.1, 0.15) is 12.4 Å². The van der Waals surface area contributed by atoms with E-state index in [1.807, 2.05) is 18.2 Å². The first-order valence-electron chi connectivity index (χ1n) is 8.24. The molecule has 0 aliphatic heterocycles. The standard InChI is InChI=1S/C22H23NO/c1-16-8-10-20(17(2)12-16)21-11-9-19(14-23)13-22(21)24-15-18-6-4-3-5-7-18/h3-13H,14-15,23H2,1-2H3. The Morgan fingerprint density at radius 1 is 0.792 bits per heavy atom. The molecule has 0 spiro atoms. The summed E-state index contributed by atoms with van der Waals surface area (Å²) in [5, 5.41) is 0. The molecule has 0 unspecified atom stereocenters. The minimum Gasteiger partial charge on any atom is -0.488 e. The summed E-state index contributed by atoms with van der Waals surface area (Å²) in [5.41, 5.74) is 12.9. The smallest absolute Gasteiger partial charge is 0.127 e. The van der Waals surface area contributed by atoms with Crippen LogP contribution in [-0.2, 0) is 13.2 Å². The van der Waals surface area contributed by atoms with E-state index in [0.717, 1.165) is 22.4 Å². The molecule has 0 saturated carbocycles. The fourth-order valence-corrected chi connectivity index (χ4v) is 2.89. The fourth-order valence-electron chi connectivity index (χ4n) is 2.89. The molecule has 3 aromatic carbocycles. The highest BCUT2D eigenvalue weighted by Gasteiger charge is 2.10. The van der Waals surface area contributed by atoms with Gasteiger partial charge in [0.15, 0.2) is 0 Å². The van der Waals surface area contributed by atoms with Gasteiger partial charge in [0, 0.05) is 12.1 Å². The summed E-state index contributed by atoms with van der Waals surface area (Å²) in [6, 6.07) is 23.0. The van der Waals surface area contributed by atoms with Crippen molar-refractivity contribution in [1.82, 2.24) is 0 Å².